The van der Waals surface area contributed by atoms with Crippen LogP contribution in [0.2, 0.25) is 0 Å². The summed E-state index contributed by atoms with van der Waals surface area (Å²) in [4.78, 5) is 11.6. The number of rotatable bonds is 3. The van der Waals surface area contributed by atoms with E-state index < -0.39 is 0 Å². The first-order chi connectivity index (χ1) is 6.34. The molecule has 0 fully saturated rings. The molecule has 1 aliphatic rings. The third kappa shape index (κ3) is 3.75. The molecular weight excluding hydrogens is 160 g/mol. The molecule has 1 rings (SSSR count). The molecule has 0 unspecified atom stereocenters. The average molecular weight is 180 g/mol. The van der Waals surface area contributed by atoms with Crippen LogP contribution in [0.3, 0.4) is 0 Å². The van der Waals surface area contributed by atoms with Crippen LogP contribution in [0.1, 0.15) is 58.3 Å². The highest BCUT2D eigenvalue weighted by Gasteiger charge is 2.10. The summed E-state index contributed by atoms with van der Waals surface area (Å²) in [5, 5.41) is 0. The summed E-state index contributed by atoms with van der Waals surface area (Å²) in [6.07, 6.45) is 11.0. The average Bonchev–Trinajstić information content (AvgIpc) is 2.11. The van der Waals surface area contributed by atoms with Crippen molar-refractivity contribution in [2.24, 2.45) is 0 Å². The predicted octanol–water partition coefficient (Wildman–Crippen LogP) is 3.64. The van der Waals surface area contributed by atoms with Gasteiger partial charge in [-0.3, -0.25) is 4.79 Å². The second-order valence-corrected chi connectivity index (χ2v) is 3.86. The van der Waals surface area contributed by atoms with Crippen molar-refractivity contribution in [3.05, 3.63) is 11.6 Å². The number of ketones is 1. The fourth-order valence-electron chi connectivity index (χ4n) is 1.77. The highest BCUT2D eigenvalue weighted by atomic mass is 16.1. The van der Waals surface area contributed by atoms with E-state index in [1.807, 2.05) is 0 Å². The molecule has 0 N–H and O–H groups in total. The lowest BCUT2D eigenvalue weighted by molar-refractivity contribution is -0.115. The van der Waals surface area contributed by atoms with Crippen LogP contribution in [0.5, 0.6) is 0 Å². The molecule has 0 saturated carbocycles. The Morgan fingerprint density at radius 3 is 2.92 bits per heavy atom. The van der Waals surface area contributed by atoms with Gasteiger partial charge in [-0.05, 0) is 37.7 Å². The normalized spacial score (nSPS) is 19.2. The largest absolute Gasteiger partial charge is 0.295 e. The van der Waals surface area contributed by atoms with Gasteiger partial charge in [-0.2, -0.15) is 0 Å². The maximum Gasteiger partial charge on any atom is 0.158 e. The van der Waals surface area contributed by atoms with E-state index in [1.165, 1.54) is 19.3 Å². The fourth-order valence-corrected chi connectivity index (χ4v) is 1.77. The molecule has 1 nitrogen and oxygen atoms in total. The summed E-state index contributed by atoms with van der Waals surface area (Å²) in [5.41, 5.74) is 1.11. The van der Waals surface area contributed by atoms with E-state index in [9.17, 15) is 4.79 Å². The molecule has 0 radical (unpaired) electrons. The zero-order valence-corrected chi connectivity index (χ0v) is 8.64. The van der Waals surface area contributed by atoms with E-state index in [1.54, 1.807) is 0 Å². The summed E-state index contributed by atoms with van der Waals surface area (Å²) < 4.78 is 0. The minimum atomic E-state index is 0.410. The molecule has 0 atom stereocenters. The van der Waals surface area contributed by atoms with Crippen molar-refractivity contribution < 1.29 is 4.79 Å². The van der Waals surface area contributed by atoms with Crippen LogP contribution in [-0.4, -0.2) is 5.78 Å². The van der Waals surface area contributed by atoms with E-state index in [-0.39, 0.29) is 0 Å². The van der Waals surface area contributed by atoms with E-state index in [0.717, 1.165) is 37.7 Å². The molecule has 0 saturated heterocycles. The first kappa shape index (κ1) is 10.5. The van der Waals surface area contributed by atoms with Crippen molar-refractivity contribution in [2.45, 2.75) is 58.3 Å². The van der Waals surface area contributed by atoms with E-state index in [0.29, 0.717) is 5.78 Å². The van der Waals surface area contributed by atoms with Crippen molar-refractivity contribution >= 4 is 5.78 Å². The minimum absolute atomic E-state index is 0.410. The Labute approximate surface area is 81.2 Å². The number of hydrogen-bond acceptors (Lipinski definition) is 1. The molecule has 1 aliphatic carbocycles. The Bertz CT molecular complexity index is 191. The molecule has 0 amide bonds. The molecule has 0 heterocycles. The van der Waals surface area contributed by atoms with Crippen molar-refractivity contribution in [2.75, 3.05) is 0 Å². The van der Waals surface area contributed by atoms with Gasteiger partial charge in [0.1, 0.15) is 0 Å². The lowest BCUT2D eigenvalue weighted by Crippen LogP contribution is -2.04. The van der Waals surface area contributed by atoms with Crippen molar-refractivity contribution in [3.8, 4) is 0 Å². The first-order valence-corrected chi connectivity index (χ1v) is 5.57. The van der Waals surface area contributed by atoms with Crippen molar-refractivity contribution in [3.63, 3.8) is 0 Å². The molecular formula is C12H20O. The maximum atomic E-state index is 11.6. The van der Waals surface area contributed by atoms with Crippen LogP contribution < -0.4 is 0 Å². The van der Waals surface area contributed by atoms with Gasteiger partial charge in [0.25, 0.3) is 0 Å². The van der Waals surface area contributed by atoms with Crippen LogP contribution in [-0.2, 0) is 4.79 Å². The predicted molar refractivity (Wildman–Crippen MR) is 55.7 cm³/mol. The van der Waals surface area contributed by atoms with Gasteiger partial charge < -0.3 is 0 Å². The van der Waals surface area contributed by atoms with E-state index in [2.05, 4.69) is 13.0 Å². The van der Waals surface area contributed by atoms with Gasteiger partial charge >= 0.3 is 0 Å². The third-order valence-corrected chi connectivity index (χ3v) is 2.66. The van der Waals surface area contributed by atoms with Gasteiger partial charge in [0.05, 0.1) is 0 Å². The number of unbranched alkanes of at least 4 members (excludes halogenated alkanes) is 1. The third-order valence-electron chi connectivity index (χ3n) is 2.66. The van der Waals surface area contributed by atoms with Gasteiger partial charge in [-0.1, -0.05) is 25.8 Å². The second-order valence-electron chi connectivity index (χ2n) is 3.86. The van der Waals surface area contributed by atoms with Crippen LogP contribution >= 0.6 is 0 Å². The molecule has 0 aromatic carbocycles. The first-order valence-electron chi connectivity index (χ1n) is 5.57. The summed E-state index contributed by atoms with van der Waals surface area (Å²) in [6.45, 7) is 2.17. The molecule has 13 heavy (non-hydrogen) atoms. The lowest BCUT2D eigenvalue weighted by Gasteiger charge is -2.09. The Morgan fingerprint density at radius 2 is 2.15 bits per heavy atom. The summed E-state index contributed by atoms with van der Waals surface area (Å²) in [6, 6.07) is 0. The standard InChI is InChI=1S/C12H20O/c1-2-3-8-11-9-6-4-5-7-10-12(11)13/h9H,2-8,10H2,1H3. The highest BCUT2D eigenvalue weighted by Crippen LogP contribution is 2.18. The monoisotopic (exact) mass is 180 g/mol. The number of carbonyl (C=O) groups excluding carboxylic acids is 1. The fraction of sp³-hybridized carbons (Fsp3) is 0.750. The van der Waals surface area contributed by atoms with Gasteiger partial charge in [0.2, 0.25) is 0 Å². The Balaban J connectivity index is 2.48. The van der Waals surface area contributed by atoms with Crippen molar-refractivity contribution in [1.82, 2.24) is 0 Å². The van der Waals surface area contributed by atoms with Crippen molar-refractivity contribution in [1.29, 1.82) is 0 Å². The highest BCUT2D eigenvalue weighted by molar-refractivity contribution is 5.95. The summed E-state index contributed by atoms with van der Waals surface area (Å²) >= 11 is 0. The van der Waals surface area contributed by atoms with Gasteiger partial charge in [0, 0.05) is 6.42 Å². The Morgan fingerprint density at radius 1 is 1.31 bits per heavy atom. The number of hydrogen-bond donors (Lipinski definition) is 0. The SMILES string of the molecule is CCCCC1=CCCCCCC1=O. The smallest absolute Gasteiger partial charge is 0.158 e. The lowest BCUT2D eigenvalue weighted by atomic mass is 9.95. The van der Waals surface area contributed by atoms with Crippen LogP contribution in [0.15, 0.2) is 11.6 Å². The summed E-state index contributed by atoms with van der Waals surface area (Å²) in [7, 11) is 0. The van der Waals surface area contributed by atoms with Gasteiger partial charge in [0.15, 0.2) is 5.78 Å². The zero-order valence-electron chi connectivity index (χ0n) is 8.64. The quantitative estimate of drug-likeness (QED) is 0.648. The minimum Gasteiger partial charge on any atom is -0.295 e. The zero-order chi connectivity index (χ0) is 9.52. The topological polar surface area (TPSA) is 17.1 Å². The van der Waals surface area contributed by atoms with Crippen LogP contribution in [0.25, 0.3) is 0 Å². The van der Waals surface area contributed by atoms with Crippen LogP contribution in [0, 0.1) is 0 Å². The molecule has 0 aliphatic heterocycles. The molecule has 74 valence electrons. The maximum absolute atomic E-state index is 11.6. The number of allylic oxidation sites excluding steroid dienone is 2. The summed E-state index contributed by atoms with van der Waals surface area (Å²) in [5.74, 6) is 0.410. The molecule has 0 aromatic rings. The molecule has 1 heteroatoms. The van der Waals surface area contributed by atoms with E-state index in [4.69, 9.17) is 0 Å². The van der Waals surface area contributed by atoms with Gasteiger partial charge in [-0.25, -0.2) is 0 Å². The van der Waals surface area contributed by atoms with Gasteiger partial charge in [-0.15, -0.1) is 0 Å². The number of Topliss-reactive ketones (excluding diaryl/α,β-unsaturated/α-hetero) is 1. The van der Waals surface area contributed by atoms with Crippen LogP contribution in [0.4, 0.5) is 0 Å². The Hall–Kier alpha value is -0.590. The molecule has 0 bridgehead atoms. The molecule has 0 aromatic heterocycles. The van der Waals surface area contributed by atoms with E-state index >= 15 is 0 Å². The second kappa shape index (κ2) is 5.95. The number of carbonyl (C=O) groups is 1. The Kier molecular flexibility index (Phi) is 4.81. The molecule has 0 spiro atoms.